The minimum absolute atomic E-state index is 0.00543. The Bertz CT molecular complexity index is 2210. The van der Waals surface area contributed by atoms with E-state index in [2.05, 4.69) is 86.7 Å². The van der Waals surface area contributed by atoms with Crippen molar-refractivity contribution in [3.63, 3.8) is 0 Å². The third-order valence-electron chi connectivity index (χ3n) is 19.4. The summed E-state index contributed by atoms with van der Waals surface area (Å²) in [6.45, 7) is 20.7. The Hall–Kier alpha value is -5.23. The van der Waals surface area contributed by atoms with Gasteiger partial charge in [-0.3, -0.25) is 30.2 Å². The topological polar surface area (TPSA) is 399 Å². The lowest BCUT2D eigenvalue weighted by atomic mass is 9.47. The van der Waals surface area contributed by atoms with Crippen LogP contribution in [0, 0.1) is 63.1 Å². The number of nitrogens with one attached hydrogen (secondary N) is 6. The lowest BCUT2D eigenvalue weighted by Gasteiger charge is -2.58. The van der Waals surface area contributed by atoms with Gasteiger partial charge in [0.1, 0.15) is 6.10 Å². The van der Waals surface area contributed by atoms with Crippen LogP contribution in [0.2, 0.25) is 0 Å². The zero-order chi connectivity index (χ0) is 62.5. The van der Waals surface area contributed by atoms with E-state index < -0.39 is 18.1 Å². The Kier molecular flexibility index (Phi) is 31.8. The van der Waals surface area contributed by atoms with E-state index in [1.165, 1.54) is 62.9 Å². The summed E-state index contributed by atoms with van der Waals surface area (Å²) in [6, 6.07) is -2.15. The number of nitrogens with zero attached hydrogens (tertiary/aromatic N) is 5. The van der Waals surface area contributed by atoms with E-state index in [0.29, 0.717) is 128 Å². The second kappa shape index (κ2) is 37.5. The maximum atomic E-state index is 13.4. The second-order valence-corrected chi connectivity index (χ2v) is 26.2. The Morgan fingerprint density at radius 3 is 1.82 bits per heavy atom. The molecule has 0 bridgehead atoms. The summed E-state index contributed by atoms with van der Waals surface area (Å²) in [5.74, 6) is 3.12. The van der Waals surface area contributed by atoms with Crippen molar-refractivity contribution in [3.05, 3.63) is 11.6 Å². The smallest absolute Gasteiger partial charge is 0.407 e. The van der Waals surface area contributed by atoms with Crippen LogP contribution in [-0.2, 0) is 19.1 Å². The number of amides is 4. The monoisotopic (exact) mass is 1190 g/mol. The minimum atomic E-state index is -0.756. The first-order valence-electron chi connectivity index (χ1n) is 32.4. The normalized spacial score (nSPS) is 24.6. The standard InChI is InChI=1S/C62H116N18O5/c1-42(2)15-7-16-43(3)48-21-22-49-47-20-19-45-41-46(23-26-61(45,5)50(47)24-27-62(48,49)6)85-60(84)78-33-13-38-80(36-11-31-73-55(82)52(64)18-9-29-76-58(68)69)40-14-39-79(35-10-30-72-54(81)51(63)17-8-28-75-57(66)67)37-12-32-74-56(83)53(65)44(4)25-34-77-59(70)71/h19,28,34,42-44,46-53H,7-18,20-27,29-33,35-41,63-65H2,1-6H3,(H3,66,67)(H3,70,71)(H,72,81)(H,73,82)(H,74,83)(H,78,84)(H4,68,69,76). The molecule has 85 heavy (non-hydrogen) atoms. The van der Waals surface area contributed by atoms with Crippen molar-refractivity contribution < 1.29 is 23.9 Å². The Morgan fingerprint density at radius 1 is 0.671 bits per heavy atom. The van der Waals surface area contributed by atoms with Gasteiger partial charge in [-0.15, -0.1) is 0 Å². The summed E-state index contributed by atoms with van der Waals surface area (Å²) in [5.41, 5.74) is 42.2. The molecular weight excluding hydrogens is 1080 g/mol. The molecule has 12 unspecified atom stereocenters. The molecule has 0 aliphatic heterocycles. The molecule has 0 heterocycles. The van der Waals surface area contributed by atoms with Crippen molar-refractivity contribution in [1.29, 1.82) is 10.8 Å². The number of alkyl carbamates (subject to hydrolysis) is 1. The molecule has 0 aromatic rings. The third kappa shape index (κ3) is 24.8. The molecule has 20 N–H and O–H groups in total. The summed E-state index contributed by atoms with van der Waals surface area (Å²) in [4.78, 5) is 68.2. The van der Waals surface area contributed by atoms with Crippen molar-refractivity contribution in [2.24, 2.45) is 107 Å². The number of hydrogen-bond donors (Lipinski definition) is 13. The maximum Gasteiger partial charge on any atom is 0.407 e. The highest BCUT2D eigenvalue weighted by Gasteiger charge is 2.59. The van der Waals surface area contributed by atoms with E-state index in [9.17, 15) is 19.2 Å². The van der Waals surface area contributed by atoms with Gasteiger partial charge in [0.2, 0.25) is 29.6 Å². The fourth-order valence-electron chi connectivity index (χ4n) is 14.5. The number of allylic oxidation sites excluding steroid dienone is 1. The Labute approximate surface area is 509 Å². The molecule has 0 aromatic carbocycles. The van der Waals surface area contributed by atoms with Crippen molar-refractivity contribution in [2.75, 3.05) is 72.0 Å². The fraction of sp³-hybridized carbons (Fsp3) is 0.823. The van der Waals surface area contributed by atoms with Crippen molar-refractivity contribution in [2.45, 2.75) is 201 Å². The molecule has 4 amide bonds. The third-order valence-corrected chi connectivity index (χ3v) is 19.4. The van der Waals surface area contributed by atoms with Crippen LogP contribution in [0.4, 0.5) is 4.79 Å². The molecule has 4 rings (SSSR count). The SMILES string of the molecule is CC(C)CCCC(C)C1CCC2C3CC=C4CC(OC(=O)NCCCN(CCCNC(=O)C(N)CCCN=C(N)N)CCCN(CCCNC(=O)C(N)CCC=NC(=N)N)CCCNC(=O)C(N)C(C)CC=NC(=N)N)CCC4(C)C3CCC12C. The number of ether oxygens (including phenoxy) is 1. The first kappa shape index (κ1) is 72.2. The maximum absolute atomic E-state index is 13.4. The summed E-state index contributed by atoms with van der Waals surface area (Å²) >= 11 is 0. The molecule has 3 fully saturated rings. The van der Waals surface area contributed by atoms with Crippen LogP contribution in [0.25, 0.3) is 0 Å². The van der Waals surface area contributed by atoms with E-state index in [0.717, 1.165) is 74.8 Å². The van der Waals surface area contributed by atoms with E-state index in [-0.39, 0.29) is 59.1 Å². The molecule has 23 heteroatoms. The predicted octanol–water partition coefficient (Wildman–Crippen LogP) is 4.80. The zero-order valence-electron chi connectivity index (χ0n) is 53.0. The number of hydrogen-bond acceptors (Lipinski definition) is 13. The van der Waals surface area contributed by atoms with Crippen LogP contribution >= 0.6 is 0 Å². The molecule has 0 radical (unpaired) electrons. The minimum Gasteiger partial charge on any atom is -0.446 e. The summed E-state index contributed by atoms with van der Waals surface area (Å²) in [5, 5.41) is 26.5. The van der Waals surface area contributed by atoms with E-state index in [4.69, 9.17) is 55.7 Å². The van der Waals surface area contributed by atoms with E-state index in [1.807, 2.05) is 6.92 Å². The van der Waals surface area contributed by atoms with Gasteiger partial charge in [-0.1, -0.05) is 72.5 Å². The van der Waals surface area contributed by atoms with Crippen molar-refractivity contribution in [1.82, 2.24) is 31.1 Å². The highest BCUT2D eigenvalue weighted by molar-refractivity contribution is 5.86. The molecule has 3 saturated carbocycles. The average molecular weight is 1190 g/mol. The van der Waals surface area contributed by atoms with Crippen LogP contribution in [0.3, 0.4) is 0 Å². The van der Waals surface area contributed by atoms with Gasteiger partial charge in [0.15, 0.2) is 5.96 Å². The first-order valence-corrected chi connectivity index (χ1v) is 32.4. The van der Waals surface area contributed by atoms with Gasteiger partial charge in [-0.25, -0.2) is 14.8 Å². The molecule has 23 nitrogen and oxygen atoms in total. The number of fused-ring (bicyclic) bond motifs is 5. The molecule has 4 aliphatic carbocycles. The van der Waals surface area contributed by atoms with E-state index >= 15 is 0 Å². The molecular formula is C62H116N18O5. The average Bonchev–Trinajstić information content (AvgIpc) is 1.92. The van der Waals surface area contributed by atoms with Crippen molar-refractivity contribution in [3.8, 4) is 0 Å². The number of guanidine groups is 3. The number of carbonyl (C=O) groups excluding carboxylic acids is 4. The lowest BCUT2D eigenvalue weighted by molar-refractivity contribution is -0.123. The Morgan fingerprint density at radius 2 is 1.24 bits per heavy atom. The van der Waals surface area contributed by atoms with Gasteiger partial charge >= 0.3 is 6.09 Å². The highest BCUT2D eigenvalue weighted by atomic mass is 16.6. The van der Waals surface area contributed by atoms with Gasteiger partial charge in [-0.2, -0.15) is 0 Å². The van der Waals surface area contributed by atoms with Gasteiger partial charge in [0, 0.05) is 51.6 Å². The van der Waals surface area contributed by atoms with Gasteiger partial charge in [-0.05, 0) is 201 Å². The lowest BCUT2D eigenvalue weighted by Crippen LogP contribution is -2.51. The number of carbonyl (C=O) groups is 4. The van der Waals surface area contributed by atoms with Crippen LogP contribution in [0.5, 0.6) is 0 Å². The molecule has 12 atom stereocenters. The molecule has 484 valence electrons. The van der Waals surface area contributed by atoms with Gasteiger partial charge in [0.25, 0.3) is 0 Å². The van der Waals surface area contributed by atoms with Crippen LogP contribution < -0.4 is 61.4 Å². The quantitative estimate of drug-likeness (QED) is 0.0170. The zero-order valence-corrected chi connectivity index (χ0v) is 53.0. The molecule has 0 spiro atoms. The summed E-state index contributed by atoms with van der Waals surface area (Å²) in [7, 11) is 0. The largest absolute Gasteiger partial charge is 0.446 e. The van der Waals surface area contributed by atoms with E-state index in [1.54, 1.807) is 0 Å². The first-order chi connectivity index (χ1) is 40.4. The number of rotatable bonds is 39. The summed E-state index contributed by atoms with van der Waals surface area (Å²) in [6.07, 6.45) is 24.2. The number of nitrogens with two attached hydrogens (primary N) is 7. The van der Waals surface area contributed by atoms with Crippen molar-refractivity contribution >= 4 is 54.1 Å². The van der Waals surface area contributed by atoms with Crippen LogP contribution in [-0.4, -0.2) is 160 Å². The molecule has 4 aliphatic rings. The van der Waals surface area contributed by atoms with Crippen LogP contribution in [0.15, 0.2) is 26.6 Å². The molecule has 0 saturated heterocycles. The fourth-order valence-corrected chi connectivity index (χ4v) is 14.5. The molecule has 0 aromatic heterocycles. The number of aliphatic imine (C=N–C) groups is 3. The summed E-state index contributed by atoms with van der Waals surface area (Å²) < 4.78 is 6.18. The van der Waals surface area contributed by atoms with Crippen LogP contribution in [0.1, 0.15) is 176 Å². The Balaban J connectivity index is 1.32. The van der Waals surface area contributed by atoms with Gasteiger partial charge < -0.3 is 75.9 Å². The predicted molar refractivity (Wildman–Crippen MR) is 344 cm³/mol. The van der Waals surface area contributed by atoms with Gasteiger partial charge in [0.05, 0.1) is 18.1 Å². The second-order valence-electron chi connectivity index (χ2n) is 26.2. The highest BCUT2D eigenvalue weighted by Crippen LogP contribution is 2.67.